The first kappa shape index (κ1) is 19.2. The Bertz CT molecular complexity index is 455. The minimum atomic E-state index is -0.368. The van der Waals surface area contributed by atoms with Crippen LogP contribution in [0.2, 0.25) is 0 Å². The van der Waals surface area contributed by atoms with Gasteiger partial charge in [-0.2, -0.15) is 0 Å². The second kappa shape index (κ2) is 10.9. The first-order valence-corrected chi connectivity index (χ1v) is 6.65. The molecular weight excluding hydrogens is 294 g/mol. The molecule has 0 aromatic heterocycles. The van der Waals surface area contributed by atoms with Crippen molar-refractivity contribution in [2.75, 3.05) is 25.0 Å². The maximum absolute atomic E-state index is 11.7. The molecule has 0 radical (unpaired) electrons. The molecule has 6 nitrogen and oxygen atoms in total. The molecule has 21 heavy (non-hydrogen) atoms. The van der Waals surface area contributed by atoms with Crippen molar-refractivity contribution in [3.8, 4) is 5.75 Å². The van der Waals surface area contributed by atoms with E-state index in [1.807, 2.05) is 6.07 Å². The predicted octanol–water partition coefficient (Wildman–Crippen LogP) is 1.30. The molecule has 0 saturated heterocycles. The molecule has 1 aromatic rings. The van der Waals surface area contributed by atoms with Crippen LogP contribution in [0.1, 0.15) is 19.8 Å². The monoisotopic (exact) mass is 315 g/mol. The van der Waals surface area contributed by atoms with Crippen LogP contribution in [0.15, 0.2) is 24.3 Å². The molecule has 1 aromatic carbocycles. The van der Waals surface area contributed by atoms with E-state index in [-0.39, 0.29) is 37.3 Å². The first-order valence-electron chi connectivity index (χ1n) is 6.65. The van der Waals surface area contributed by atoms with Crippen molar-refractivity contribution in [2.24, 2.45) is 5.73 Å². The molecule has 1 rings (SSSR count). The van der Waals surface area contributed by atoms with Gasteiger partial charge in [-0.1, -0.05) is 25.5 Å². The molecule has 4 N–H and O–H groups in total. The number of para-hydroxylation sites is 2. The fourth-order valence-corrected chi connectivity index (χ4v) is 1.47. The van der Waals surface area contributed by atoms with Crippen molar-refractivity contribution in [3.63, 3.8) is 0 Å². The summed E-state index contributed by atoms with van der Waals surface area (Å²) in [6.07, 6.45) is 1.99. The van der Waals surface area contributed by atoms with Gasteiger partial charge in [-0.25, -0.2) is 0 Å². The minimum Gasteiger partial charge on any atom is -0.491 e. The molecule has 7 heteroatoms. The van der Waals surface area contributed by atoms with Crippen LogP contribution in [0, 0.1) is 0 Å². The number of benzene rings is 1. The highest BCUT2D eigenvalue weighted by molar-refractivity contribution is 5.95. The molecule has 0 heterocycles. The summed E-state index contributed by atoms with van der Waals surface area (Å²) in [5.41, 5.74) is 5.73. The topological polar surface area (TPSA) is 93.5 Å². The minimum absolute atomic E-state index is 0. The molecule has 2 amide bonds. The van der Waals surface area contributed by atoms with E-state index in [4.69, 9.17) is 10.5 Å². The van der Waals surface area contributed by atoms with Gasteiger partial charge in [0, 0.05) is 0 Å². The van der Waals surface area contributed by atoms with Gasteiger partial charge in [0.1, 0.15) is 5.75 Å². The van der Waals surface area contributed by atoms with Gasteiger partial charge in [0.05, 0.1) is 25.4 Å². The van der Waals surface area contributed by atoms with Crippen LogP contribution in [0.4, 0.5) is 5.69 Å². The van der Waals surface area contributed by atoms with Crippen molar-refractivity contribution >= 4 is 29.9 Å². The van der Waals surface area contributed by atoms with E-state index in [1.165, 1.54) is 0 Å². The van der Waals surface area contributed by atoms with Gasteiger partial charge in [0.25, 0.3) is 0 Å². The Morgan fingerprint density at radius 2 is 1.95 bits per heavy atom. The maximum atomic E-state index is 11.7. The van der Waals surface area contributed by atoms with Gasteiger partial charge in [-0.3, -0.25) is 9.59 Å². The molecule has 0 aliphatic heterocycles. The Hall–Kier alpha value is -1.79. The number of ether oxygens (including phenoxy) is 1. The molecule has 0 atom stereocenters. The quantitative estimate of drug-likeness (QED) is 0.630. The SMILES string of the molecule is CCCCOc1ccccc1NC(=O)CNC(=O)CN.Cl. The van der Waals surface area contributed by atoms with Crippen LogP contribution >= 0.6 is 12.4 Å². The van der Waals surface area contributed by atoms with E-state index in [0.29, 0.717) is 18.0 Å². The summed E-state index contributed by atoms with van der Waals surface area (Å²) >= 11 is 0. The highest BCUT2D eigenvalue weighted by Gasteiger charge is 2.08. The summed E-state index contributed by atoms with van der Waals surface area (Å²) < 4.78 is 5.60. The highest BCUT2D eigenvalue weighted by Crippen LogP contribution is 2.23. The van der Waals surface area contributed by atoms with E-state index in [0.717, 1.165) is 12.8 Å². The van der Waals surface area contributed by atoms with Crippen LogP contribution in [-0.2, 0) is 9.59 Å². The van der Waals surface area contributed by atoms with Crippen molar-refractivity contribution in [1.29, 1.82) is 0 Å². The van der Waals surface area contributed by atoms with Gasteiger partial charge in [0.2, 0.25) is 11.8 Å². The molecule has 0 bridgehead atoms. The lowest BCUT2D eigenvalue weighted by molar-refractivity contribution is -0.123. The first-order chi connectivity index (χ1) is 9.67. The van der Waals surface area contributed by atoms with Crippen molar-refractivity contribution in [3.05, 3.63) is 24.3 Å². The van der Waals surface area contributed by atoms with Crippen molar-refractivity contribution in [2.45, 2.75) is 19.8 Å². The van der Waals surface area contributed by atoms with Crippen molar-refractivity contribution in [1.82, 2.24) is 5.32 Å². The fraction of sp³-hybridized carbons (Fsp3) is 0.429. The summed E-state index contributed by atoms with van der Waals surface area (Å²) in [5, 5.41) is 5.10. The number of hydrogen-bond acceptors (Lipinski definition) is 4. The van der Waals surface area contributed by atoms with E-state index >= 15 is 0 Å². The third-order valence-corrected chi connectivity index (χ3v) is 2.55. The van der Waals surface area contributed by atoms with E-state index in [2.05, 4.69) is 17.6 Å². The van der Waals surface area contributed by atoms with Crippen molar-refractivity contribution < 1.29 is 14.3 Å². The molecule has 0 fully saturated rings. The standard InChI is InChI=1S/C14H21N3O3.ClH/c1-2-3-8-20-12-7-5-4-6-11(12)17-14(19)10-16-13(18)9-15;/h4-7H,2-3,8-10,15H2,1H3,(H,16,18)(H,17,19);1H. The van der Waals surface area contributed by atoms with Gasteiger partial charge < -0.3 is 21.1 Å². The lowest BCUT2D eigenvalue weighted by Gasteiger charge is -2.12. The summed E-state index contributed by atoms with van der Waals surface area (Å²) in [4.78, 5) is 22.7. The van der Waals surface area contributed by atoms with Gasteiger partial charge in [-0.15, -0.1) is 12.4 Å². The lowest BCUT2D eigenvalue weighted by atomic mass is 10.3. The number of unbranched alkanes of at least 4 members (excludes halogenated alkanes) is 1. The van der Waals surface area contributed by atoms with Crippen LogP contribution in [0.3, 0.4) is 0 Å². The Morgan fingerprint density at radius 3 is 2.62 bits per heavy atom. The second-order valence-electron chi connectivity index (χ2n) is 4.23. The molecule has 0 spiro atoms. The Morgan fingerprint density at radius 1 is 1.24 bits per heavy atom. The van der Waals surface area contributed by atoms with Gasteiger partial charge >= 0.3 is 0 Å². The Kier molecular flexibility index (Phi) is 10.0. The average molecular weight is 316 g/mol. The van der Waals surface area contributed by atoms with Gasteiger partial charge in [0.15, 0.2) is 0 Å². The Balaban J connectivity index is 0.00000400. The third-order valence-electron chi connectivity index (χ3n) is 2.55. The number of halogens is 1. The number of nitrogens with one attached hydrogen (secondary N) is 2. The largest absolute Gasteiger partial charge is 0.491 e. The van der Waals surface area contributed by atoms with E-state index in [9.17, 15) is 9.59 Å². The van der Waals surface area contributed by atoms with E-state index < -0.39 is 0 Å². The summed E-state index contributed by atoms with van der Waals surface area (Å²) in [6, 6.07) is 7.20. The van der Waals surface area contributed by atoms with Crippen LogP contribution in [-0.4, -0.2) is 31.5 Å². The molecular formula is C14H22ClN3O3. The lowest BCUT2D eigenvalue weighted by Crippen LogP contribution is -2.36. The molecule has 0 aliphatic carbocycles. The Labute approximate surface area is 130 Å². The van der Waals surface area contributed by atoms with E-state index in [1.54, 1.807) is 18.2 Å². The molecule has 0 saturated carbocycles. The van der Waals surface area contributed by atoms with Crippen LogP contribution < -0.4 is 21.1 Å². The van der Waals surface area contributed by atoms with Crippen LogP contribution in [0.5, 0.6) is 5.75 Å². The maximum Gasteiger partial charge on any atom is 0.243 e. The molecule has 0 unspecified atom stereocenters. The number of carbonyl (C=O) groups excluding carboxylic acids is 2. The van der Waals surface area contributed by atoms with Gasteiger partial charge in [-0.05, 0) is 18.6 Å². The number of hydrogen-bond donors (Lipinski definition) is 3. The summed E-state index contributed by atoms with van der Waals surface area (Å²) in [5.74, 6) is -0.0644. The number of nitrogens with two attached hydrogens (primary N) is 1. The zero-order chi connectivity index (χ0) is 14.8. The summed E-state index contributed by atoms with van der Waals surface area (Å²) in [6.45, 7) is 2.44. The summed E-state index contributed by atoms with van der Waals surface area (Å²) in [7, 11) is 0. The van der Waals surface area contributed by atoms with Crippen LogP contribution in [0.25, 0.3) is 0 Å². The molecule has 0 aliphatic rings. The highest BCUT2D eigenvalue weighted by atomic mass is 35.5. The molecule has 118 valence electrons. The number of rotatable bonds is 8. The number of amides is 2. The zero-order valence-electron chi connectivity index (χ0n) is 12.1. The average Bonchev–Trinajstić information content (AvgIpc) is 2.46. The third kappa shape index (κ3) is 7.53. The number of anilines is 1. The predicted molar refractivity (Wildman–Crippen MR) is 84.8 cm³/mol. The number of carbonyl (C=O) groups is 2. The zero-order valence-corrected chi connectivity index (χ0v) is 12.9. The fourth-order valence-electron chi connectivity index (χ4n) is 1.47. The normalized spacial score (nSPS) is 9.43. The smallest absolute Gasteiger partial charge is 0.243 e. The second-order valence-corrected chi connectivity index (χ2v) is 4.23.